The topological polar surface area (TPSA) is 105 Å². The fourth-order valence-corrected chi connectivity index (χ4v) is 2.38. The van der Waals surface area contributed by atoms with Gasteiger partial charge in [-0.3, -0.25) is 14.9 Å². The Morgan fingerprint density at radius 2 is 2.00 bits per heavy atom. The normalized spacial score (nSPS) is 11.2. The number of nitro groups is 1. The van der Waals surface area contributed by atoms with Gasteiger partial charge in [-0.1, -0.05) is 19.1 Å². The van der Waals surface area contributed by atoms with Crippen molar-refractivity contribution < 1.29 is 14.5 Å². The molecule has 7 nitrogen and oxygen atoms in total. The Balaban J connectivity index is 2.15. The second-order valence-corrected chi connectivity index (χ2v) is 5.55. The van der Waals surface area contributed by atoms with Crippen molar-refractivity contribution in [3.8, 4) is 6.07 Å². The van der Waals surface area contributed by atoms with Crippen molar-refractivity contribution >= 4 is 23.0 Å². The van der Waals surface area contributed by atoms with Crippen molar-refractivity contribution in [2.45, 2.75) is 13.3 Å². The van der Waals surface area contributed by atoms with Crippen LogP contribution in [0.25, 0.3) is 0 Å². The molecule has 1 unspecified atom stereocenters. The van der Waals surface area contributed by atoms with Gasteiger partial charge in [-0.25, -0.2) is 0 Å². The number of nitriles is 1. The van der Waals surface area contributed by atoms with E-state index in [1.165, 1.54) is 25.3 Å². The van der Waals surface area contributed by atoms with E-state index in [4.69, 9.17) is 10.00 Å². The van der Waals surface area contributed by atoms with Crippen molar-refractivity contribution in [2.75, 3.05) is 12.4 Å². The van der Waals surface area contributed by atoms with Gasteiger partial charge in [-0.15, -0.1) is 0 Å². The second-order valence-electron chi connectivity index (χ2n) is 5.55. The summed E-state index contributed by atoms with van der Waals surface area (Å²) in [6.07, 6.45) is 0.546. The van der Waals surface area contributed by atoms with Crippen molar-refractivity contribution in [2.24, 2.45) is 5.92 Å². The summed E-state index contributed by atoms with van der Waals surface area (Å²) in [6, 6.07) is 13.4. The van der Waals surface area contributed by atoms with E-state index in [2.05, 4.69) is 5.32 Å². The molecule has 0 aliphatic heterocycles. The highest BCUT2D eigenvalue weighted by Crippen LogP contribution is 2.28. The van der Waals surface area contributed by atoms with Gasteiger partial charge in [0.25, 0.3) is 5.69 Å². The average molecular weight is 339 g/mol. The molecule has 0 heterocycles. The van der Waals surface area contributed by atoms with Crippen LogP contribution in [0.1, 0.15) is 18.1 Å². The number of carbonyl (C=O) groups is 1. The van der Waals surface area contributed by atoms with Crippen molar-refractivity contribution in [1.82, 2.24) is 0 Å². The van der Waals surface area contributed by atoms with E-state index in [9.17, 15) is 14.9 Å². The van der Waals surface area contributed by atoms with Crippen LogP contribution < -0.4 is 5.32 Å². The fraction of sp³-hybridized carbons (Fsp3) is 0.222. The summed E-state index contributed by atoms with van der Waals surface area (Å²) < 4.78 is 4.70. The van der Waals surface area contributed by atoms with E-state index in [1.54, 1.807) is 19.1 Å². The number of hydrogen-bond donors (Lipinski definition) is 1. The minimum atomic E-state index is -0.532. The number of carbonyl (C=O) groups excluding carboxylic acids is 1. The Morgan fingerprint density at radius 1 is 1.32 bits per heavy atom. The summed E-state index contributed by atoms with van der Waals surface area (Å²) in [4.78, 5) is 22.1. The summed E-state index contributed by atoms with van der Waals surface area (Å²) in [5.74, 6) is -0.515. The van der Waals surface area contributed by atoms with Crippen molar-refractivity contribution in [1.29, 1.82) is 5.26 Å². The Bertz CT molecular complexity index is 825. The molecule has 0 radical (unpaired) electrons. The van der Waals surface area contributed by atoms with Crippen LogP contribution in [0.5, 0.6) is 0 Å². The molecule has 2 aromatic rings. The first kappa shape index (κ1) is 17.9. The molecule has 0 saturated heterocycles. The zero-order valence-electron chi connectivity index (χ0n) is 13.9. The van der Waals surface area contributed by atoms with E-state index < -0.39 is 4.92 Å². The van der Waals surface area contributed by atoms with Gasteiger partial charge < -0.3 is 10.1 Å². The molecule has 0 amide bonds. The lowest BCUT2D eigenvalue weighted by atomic mass is 10.0. The molecule has 0 spiro atoms. The molecule has 0 aliphatic carbocycles. The standard InChI is InChI=1S/C18H17N3O4/c1-12(18(22)25-2)9-13-3-6-15(7-4-13)20-16-8-5-14(11-19)10-17(16)21(23)24/h3-8,10,12,20H,9H2,1-2H3. The van der Waals surface area contributed by atoms with Gasteiger partial charge in [0, 0.05) is 11.8 Å². The number of hydrogen-bond acceptors (Lipinski definition) is 6. The maximum atomic E-state index is 11.5. The van der Waals surface area contributed by atoms with Gasteiger partial charge >= 0.3 is 5.97 Å². The molecule has 0 aromatic heterocycles. The van der Waals surface area contributed by atoms with Gasteiger partial charge in [-0.05, 0) is 36.2 Å². The molecular formula is C18H17N3O4. The molecule has 0 fully saturated rings. The second kappa shape index (κ2) is 7.93. The van der Waals surface area contributed by atoms with E-state index in [1.807, 2.05) is 18.2 Å². The third-order valence-electron chi connectivity index (χ3n) is 3.70. The summed E-state index contributed by atoms with van der Waals surface area (Å²) in [5, 5.41) is 23.0. The van der Waals surface area contributed by atoms with Gasteiger partial charge in [0.05, 0.1) is 29.6 Å². The van der Waals surface area contributed by atoms with Crippen LogP contribution in [0.2, 0.25) is 0 Å². The summed E-state index contributed by atoms with van der Waals surface area (Å²) in [6.45, 7) is 1.79. The molecule has 2 rings (SSSR count). The van der Waals surface area contributed by atoms with Crippen molar-refractivity contribution in [3.05, 3.63) is 63.7 Å². The number of esters is 1. The molecule has 0 aliphatic rings. The maximum Gasteiger partial charge on any atom is 0.308 e. The van der Waals surface area contributed by atoms with Crippen LogP contribution in [-0.4, -0.2) is 18.0 Å². The number of anilines is 2. The Labute approximate surface area is 145 Å². The van der Waals surface area contributed by atoms with Gasteiger partial charge in [-0.2, -0.15) is 5.26 Å². The average Bonchev–Trinajstić information content (AvgIpc) is 2.62. The number of nitrogens with zero attached hydrogens (tertiary/aromatic N) is 2. The quantitative estimate of drug-likeness (QED) is 0.490. The number of nitro benzene ring substituents is 1. The number of nitrogens with one attached hydrogen (secondary N) is 1. The maximum absolute atomic E-state index is 11.5. The smallest absolute Gasteiger partial charge is 0.308 e. The Morgan fingerprint density at radius 3 is 2.56 bits per heavy atom. The van der Waals surface area contributed by atoms with Crippen LogP contribution in [0.4, 0.5) is 17.1 Å². The first-order chi connectivity index (χ1) is 11.9. The Hall–Kier alpha value is -3.40. The van der Waals surface area contributed by atoms with Gasteiger partial charge in [0.15, 0.2) is 0 Å². The number of methoxy groups -OCH3 is 1. The molecule has 0 bridgehead atoms. The number of benzene rings is 2. The first-order valence-electron chi connectivity index (χ1n) is 7.57. The molecule has 128 valence electrons. The molecule has 7 heteroatoms. The summed E-state index contributed by atoms with van der Waals surface area (Å²) in [5.41, 5.74) is 1.99. The first-order valence-corrected chi connectivity index (χ1v) is 7.57. The predicted molar refractivity (Wildman–Crippen MR) is 92.4 cm³/mol. The van der Waals surface area contributed by atoms with Gasteiger partial charge in [0.2, 0.25) is 0 Å². The van der Waals surface area contributed by atoms with Crippen LogP contribution in [0, 0.1) is 27.4 Å². The highest BCUT2D eigenvalue weighted by atomic mass is 16.6. The SMILES string of the molecule is COC(=O)C(C)Cc1ccc(Nc2ccc(C#N)cc2[N+](=O)[O-])cc1. The Kier molecular flexibility index (Phi) is 5.69. The largest absolute Gasteiger partial charge is 0.469 e. The van der Waals surface area contributed by atoms with E-state index in [0.29, 0.717) is 17.8 Å². The zero-order valence-corrected chi connectivity index (χ0v) is 13.9. The monoisotopic (exact) mass is 339 g/mol. The van der Waals surface area contributed by atoms with E-state index >= 15 is 0 Å². The summed E-state index contributed by atoms with van der Waals surface area (Å²) in [7, 11) is 1.36. The van der Waals surface area contributed by atoms with E-state index in [-0.39, 0.29) is 23.1 Å². The minimum absolute atomic E-state index is 0.164. The van der Waals surface area contributed by atoms with Crippen LogP contribution in [0.3, 0.4) is 0 Å². The molecule has 25 heavy (non-hydrogen) atoms. The molecule has 1 atom stereocenters. The van der Waals surface area contributed by atoms with Gasteiger partial charge in [0.1, 0.15) is 5.69 Å². The molecule has 2 aromatic carbocycles. The van der Waals surface area contributed by atoms with Crippen LogP contribution in [0.15, 0.2) is 42.5 Å². The highest BCUT2D eigenvalue weighted by molar-refractivity contribution is 5.73. The lowest BCUT2D eigenvalue weighted by Gasteiger charge is -2.11. The molecular weight excluding hydrogens is 322 g/mol. The minimum Gasteiger partial charge on any atom is -0.469 e. The summed E-state index contributed by atoms with van der Waals surface area (Å²) >= 11 is 0. The molecule has 0 saturated carbocycles. The number of ether oxygens (including phenoxy) is 1. The fourth-order valence-electron chi connectivity index (χ4n) is 2.38. The zero-order chi connectivity index (χ0) is 18.4. The highest BCUT2D eigenvalue weighted by Gasteiger charge is 2.16. The van der Waals surface area contributed by atoms with E-state index in [0.717, 1.165) is 5.56 Å². The molecule has 1 N–H and O–H groups in total. The van der Waals surface area contributed by atoms with Crippen LogP contribution >= 0.6 is 0 Å². The number of rotatable bonds is 6. The third-order valence-corrected chi connectivity index (χ3v) is 3.70. The lowest BCUT2D eigenvalue weighted by Crippen LogP contribution is -2.15. The third kappa shape index (κ3) is 4.54. The van der Waals surface area contributed by atoms with Crippen molar-refractivity contribution in [3.63, 3.8) is 0 Å². The predicted octanol–water partition coefficient (Wildman–Crippen LogP) is 3.56. The lowest BCUT2D eigenvalue weighted by molar-refractivity contribution is -0.383. The van der Waals surface area contributed by atoms with Crippen LogP contribution in [-0.2, 0) is 16.0 Å².